The summed E-state index contributed by atoms with van der Waals surface area (Å²) in [6.45, 7) is 1.93. The summed E-state index contributed by atoms with van der Waals surface area (Å²) in [4.78, 5) is 3.80. The third-order valence-corrected chi connectivity index (χ3v) is 4.75. The van der Waals surface area contributed by atoms with Gasteiger partial charge in [-0.05, 0) is 41.6 Å². The Bertz CT molecular complexity index is 635. The van der Waals surface area contributed by atoms with E-state index in [1.54, 1.807) is 0 Å². The highest BCUT2D eigenvalue weighted by atomic mass is 35.5. The number of nitrogens with zero attached hydrogens (tertiary/aromatic N) is 1. The minimum atomic E-state index is 0.00955. The molecule has 1 aliphatic rings. The number of nitrogens with two attached hydrogens (primary N) is 1. The molecule has 1 aromatic carbocycles. The lowest BCUT2D eigenvalue weighted by Crippen LogP contribution is -2.29. The normalized spacial score (nSPS) is 14.3. The average molecular weight is 292 g/mol. The zero-order valence-corrected chi connectivity index (χ0v) is 11.9. The monoisotopic (exact) mass is 291 g/mol. The second-order valence-electron chi connectivity index (χ2n) is 4.62. The summed E-state index contributed by atoms with van der Waals surface area (Å²) in [6, 6.07) is 7.90. The van der Waals surface area contributed by atoms with Crippen molar-refractivity contribution >= 4 is 34.5 Å². The van der Waals surface area contributed by atoms with E-state index in [1.807, 2.05) is 29.5 Å². The zero-order valence-electron chi connectivity index (χ0n) is 10.3. The van der Waals surface area contributed by atoms with Crippen LogP contribution >= 0.6 is 22.9 Å². The predicted octanol–water partition coefficient (Wildman–Crippen LogP) is 3.25. The van der Waals surface area contributed by atoms with E-state index in [-0.39, 0.29) is 5.84 Å². The molecule has 1 aliphatic heterocycles. The van der Waals surface area contributed by atoms with Crippen molar-refractivity contribution in [1.82, 2.24) is 0 Å². The molecule has 19 heavy (non-hydrogen) atoms. The Hall–Kier alpha value is -1.52. The largest absolute Gasteiger partial charge is 0.384 e. The SMILES string of the molecule is N=C(N)c1ccc(N2CCc3sccc3C2)cc1Cl. The summed E-state index contributed by atoms with van der Waals surface area (Å²) >= 11 is 8.01. The summed E-state index contributed by atoms with van der Waals surface area (Å²) in [7, 11) is 0. The lowest BCUT2D eigenvalue weighted by Gasteiger charge is -2.29. The quantitative estimate of drug-likeness (QED) is 0.659. The molecule has 2 aromatic rings. The number of nitrogen functional groups attached to an aromatic ring is 1. The van der Waals surface area contributed by atoms with Crippen molar-refractivity contribution < 1.29 is 0 Å². The van der Waals surface area contributed by atoms with Crippen LogP contribution < -0.4 is 10.6 Å². The highest BCUT2D eigenvalue weighted by Crippen LogP contribution is 2.30. The summed E-state index contributed by atoms with van der Waals surface area (Å²) in [6.07, 6.45) is 1.08. The molecule has 0 amide bonds. The molecule has 3 nitrogen and oxygen atoms in total. The van der Waals surface area contributed by atoms with E-state index in [4.69, 9.17) is 22.7 Å². The van der Waals surface area contributed by atoms with Gasteiger partial charge in [0.25, 0.3) is 0 Å². The van der Waals surface area contributed by atoms with E-state index in [0.717, 1.165) is 25.2 Å². The van der Waals surface area contributed by atoms with Crippen LogP contribution in [0.25, 0.3) is 0 Å². The van der Waals surface area contributed by atoms with Crippen LogP contribution in [-0.2, 0) is 13.0 Å². The number of nitrogens with one attached hydrogen (secondary N) is 1. The molecule has 1 aromatic heterocycles. The van der Waals surface area contributed by atoms with Crippen LogP contribution in [0.1, 0.15) is 16.0 Å². The Balaban J connectivity index is 1.88. The zero-order chi connectivity index (χ0) is 13.4. The van der Waals surface area contributed by atoms with Crippen LogP contribution in [0.2, 0.25) is 5.02 Å². The minimum Gasteiger partial charge on any atom is -0.384 e. The van der Waals surface area contributed by atoms with Crippen molar-refractivity contribution in [3.8, 4) is 0 Å². The predicted molar refractivity (Wildman–Crippen MR) is 81.5 cm³/mol. The van der Waals surface area contributed by atoms with Crippen LogP contribution in [0.15, 0.2) is 29.6 Å². The maximum atomic E-state index is 7.45. The molecule has 98 valence electrons. The topological polar surface area (TPSA) is 53.1 Å². The molecule has 2 heterocycles. The highest BCUT2D eigenvalue weighted by molar-refractivity contribution is 7.10. The number of amidine groups is 1. The summed E-state index contributed by atoms with van der Waals surface area (Å²) in [5, 5.41) is 10.1. The molecule has 0 fully saturated rings. The number of anilines is 1. The summed E-state index contributed by atoms with van der Waals surface area (Å²) < 4.78 is 0. The molecular formula is C14H14ClN3S. The molecule has 3 N–H and O–H groups in total. The van der Waals surface area contributed by atoms with Crippen LogP contribution in [0.5, 0.6) is 0 Å². The van der Waals surface area contributed by atoms with E-state index in [0.29, 0.717) is 10.6 Å². The van der Waals surface area contributed by atoms with Gasteiger partial charge >= 0.3 is 0 Å². The third-order valence-electron chi connectivity index (χ3n) is 3.42. The second kappa shape index (κ2) is 4.87. The van der Waals surface area contributed by atoms with Crippen LogP contribution in [-0.4, -0.2) is 12.4 Å². The van der Waals surface area contributed by atoms with E-state index < -0.39 is 0 Å². The van der Waals surface area contributed by atoms with Gasteiger partial charge in [0.2, 0.25) is 0 Å². The Kier molecular flexibility index (Phi) is 3.21. The standard InChI is InChI=1S/C14H14ClN3S/c15-12-7-10(1-2-11(12)14(16)17)18-5-3-13-9(8-18)4-6-19-13/h1-2,4,6-7H,3,5,8H2,(H3,16,17). The first-order valence-electron chi connectivity index (χ1n) is 6.09. The fourth-order valence-electron chi connectivity index (χ4n) is 2.39. The molecule has 0 unspecified atom stereocenters. The Morgan fingerprint density at radius 3 is 2.95 bits per heavy atom. The van der Waals surface area contributed by atoms with E-state index >= 15 is 0 Å². The van der Waals surface area contributed by atoms with E-state index in [1.165, 1.54) is 10.4 Å². The first-order chi connectivity index (χ1) is 9.15. The second-order valence-corrected chi connectivity index (χ2v) is 6.03. The molecule has 0 bridgehead atoms. The van der Waals surface area contributed by atoms with E-state index in [9.17, 15) is 0 Å². The maximum absolute atomic E-state index is 7.45. The Morgan fingerprint density at radius 1 is 1.37 bits per heavy atom. The smallest absolute Gasteiger partial charge is 0.124 e. The van der Waals surface area contributed by atoms with Gasteiger partial charge in [-0.3, -0.25) is 5.41 Å². The van der Waals surface area contributed by atoms with Crippen molar-refractivity contribution in [2.45, 2.75) is 13.0 Å². The molecule has 5 heteroatoms. The van der Waals surface area contributed by atoms with Gasteiger partial charge in [0.15, 0.2) is 0 Å². The molecular weight excluding hydrogens is 278 g/mol. The summed E-state index contributed by atoms with van der Waals surface area (Å²) in [5.41, 5.74) is 8.57. The number of halogens is 1. The molecule has 0 radical (unpaired) electrons. The van der Waals surface area contributed by atoms with Crippen molar-refractivity contribution in [2.24, 2.45) is 5.73 Å². The lowest BCUT2D eigenvalue weighted by molar-refractivity contribution is 0.744. The van der Waals surface area contributed by atoms with Crippen LogP contribution in [0.3, 0.4) is 0 Å². The van der Waals surface area contributed by atoms with Gasteiger partial charge in [-0.15, -0.1) is 11.3 Å². The Morgan fingerprint density at radius 2 is 2.21 bits per heavy atom. The van der Waals surface area contributed by atoms with Crippen molar-refractivity contribution in [1.29, 1.82) is 5.41 Å². The van der Waals surface area contributed by atoms with Crippen LogP contribution in [0.4, 0.5) is 5.69 Å². The van der Waals surface area contributed by atoms with Gasteiger partial charge in [0.05, 0.1) is 5.02 Å². The number of fused-ring (bicyclic) bond motifs is 1. The van der Waals surface area contributed by atoms with Crippen LogP contribution in [0, 0.1) is 5.41 Å². The van der Waals surface area contributed by atoms with Gasteiger partial charge in [0.1, 0.15) is 5.84 Å². The van der Waals surface area contributed by atoms with E-state index in [2.05, 4.69) is 16.3 Å². The third kappa shape index (κ3) is 2.33. The molecule has 3 rings (SSSR count). The molecule has 0 spiro atoms. The average Bonchev–Trinajstić information content (AvgIpc) is 2.85. The van der Waals surface area contributed by atoms with Gasteiger partial charge < -0.3 is 10.6 Å². The summed E-state index contributed by atoms with van der Waals surface area (Å²) in [5.74, 6) is 0.00955. The maximum Gasteiger partial charge on any atom is 0.124 e. The van der Waals surface area contributed by atoms with Gasteiger partial charge in [-0.25, -0.2) is 0 Å². The lowest BCUT2D eigenvalue weighted by atomic mass is 10.1. The van der Waals surface area contributed by atoms with Gasteiger partial charge in [-0.2, -0.15) is 0 Å². The van der Waals surface area contributed by atoms with Gasteiger partial charge in [-0.1, -0.05) is 11.6 Å². The number of hydrogen-bond donors (Lipinski definition) is 2. The molecule has 0 aliphatic carbocycles. The van der Waals surface area contributed by atoms with Crippen molar-refractivity contribution in [3.05, 3.63) is 50.7 Å². The first kappa shape index (κ1) is 12.5. The fourth-order valence-corrected chi connectivity index (χ4v) is 3.55. The minimum absolute atomic E-state index is 0.00955. The Labute approximate surface area is 121 Å². The van der Waals surface area contributed by atoms with Crippen molar-refractivity contribution in [2.75, 3.05) is 11.4 Å². The fraction of sp³-hybridized carbons (Fsp3) is 0.214. The highest BCUT2D eigenvalue weighted by Gasteiger charge is 2.18. The molecule has 0 atom stereocenters. The van der Waals surface area contributed by atoms with Gasteiger partial charge in [0, 0.05) is 29.2 Å². The number of rotatable bonds is 2. The first-order valence-corrected chi connectivity index (χ1v) is 7.35. The van der Waals surface area contributed by atoms with Crippen molar-refractivity contribution in [3.63, 3.8) is 0 Å². The number of thiophene rings is 1. The number of benzene rings is 1. The molecule has 0 saturated carbocycles. The molecule has 0 saturated heterocycles. The number of hydrogen-bond acceptors (Lipinski definition) is 3.